The normalized spacial score (nSPS) is 12.2. The first kappa shape index (κ1) is 20.6. The summed E-state index contributed by atoms with van der Waals surface area (Å²) in [5.74, 6) is -2.12. The van der Waals surface area contributed by atoms with Crippen LogP contribution >= 0.6 is 0 Å². The zero-order valence-corrected chi connectivity index (χ0v) is 14.8. The fraction of sp³-hybridized carbons (Fsp3) is 0.500. The Morgan fingerprint density at radius 2 is 1.68 bits per heavy atom. The van der Waals surface area contributed by atoms with E-state index < -0.39 is 29.6 Å². The lowest BCUT2D eigenvalue weighted by Gasteiger charge is -2.21. The minimum absolute atomic E-state index is 0.0320. The molecular formula is C18H25NO6. The lowest BCUT2D eigenvalue weighted by molar-refractivity contribution is -0.164. The predicted molar refractivity (Wildman–Crippen MR) is 90.3 cm³/mol. The molecule has 138 valence electrons. The third-order valence-electron chi connectivity index (χ3n) is 2.93. The standard InChI is InChI=1S/C18H25NO6/c1-18(2,3)25-17(22)15(19)16(21)23-11-7-10-14(20)24-12-13-8-5-4-6-9-13/h4-6,8-9,15H,7,10-12,19H2,1-3H3. The largest absolute Gasteiger partial charge is 0.464 e. The molecule has 1 rings (SSSR count). The first-order chi connectivity index (χ1) is 11.7. The van der Waals surface area contributed by atoms with E-state index in [2.05, 4.69) is 0 Å². The van der Waals surface area contributed by atoms with Crippen molar-refractivity contribution in [3.8, 4) is 0 Å². The Hall–Kier alpha value is -2.41. The first-order valence-corrected chi connectivity index (χ1v) is 8.03. The van der Waals surface area contributed by atoms with Crippen LogP contribution < -0.4 is 5.73 Å². The van der Waals surface area contributed by atoms with E-state index in [9.17, 15) is 14.4 Å². The summed E-state index contributed by atoms with van der Waals surface area (Å²) in [7, 11) is 0. The van der Waals surface area contributed by atoms with Crippen LogP contribution in [-0.2, 0) is 35.2 Å². The van der Waals surface area contributed by atoms with Crippen molar-refractivity contribution in [1.82, 2.24) is 0 Å². The maximum absolute atomic E-state index is 11.7. The zero-order chi connectivity index (χ0) is 18.9. The number of carbonyl (C=O) groups is 3. The molecule has 0 aromatic heterocycles. The highest BCUT2D eigenvalue weighted by Gasteiger charge is 2.28. The molecule has 7 nitrogen and oxygen atoms in total. The highest BCUT2D eigenvalue weighted by molar-refractivity contribution is 5.99. The molecule has 7 heteroatoms. The predicted octanol–water partition coefficient (Wildman–Crippen LogP) is 1.72. The van der Waals surface area contributed by atoms with Gasteiger partial charge in [-0.2, -0.15) is 0 Å². The quantitative estimate of drug-likeness (QED) is 0.329. The van der Waals surface area contributed by atoms with E-state index in [0.717, 1.165) is 5.56 Å². The maximum atomic E-state index is 11.7. The Bertz CT molecular complexity index is 579. The van der Waals surface area contributed by atoms with Gasteiger partial charge in [-0.05, 0) is 32.8 Å². The van der Waals surface area contributed by atoms with E-state index in [1.807, 2.05) is 30.3 Å². The molecule has 1 unspecified atom stereocenters. The van der Waals surface area contributed by atoms with Crippen molar-refractivity contribution >= 4 is 17.9 Å². The molecule has 1 aromatic carbocycles. The molecule has 0 radical (unpaired) electrons. The van der Waals surface area contributed by atoms with Crippen molar-refractivity contribution in [2.75, 3.05) is 6.61 Å². The van der Waals surface area contributed by atoms with Crippen LogP contribution in [0.4, 0.5) is 0 Å². The van der Waals surface area contributed by atoms with Crippen LogP contribution in [-0.4, -0.2) is 36.2 Å². The van der Waals surface area contributed by atoms with Crippen molar-refractivity contribution in [3.63, 3.8) is 0 Å². The number of carbonyl (C=O) groups excluding carboxylic acids is 3. The maximum Gasteiger partial charge on any atom is 0.335 e. The number of benzene rings is 1. The minimum atomic E-state index is -1.50. The highest BCUT2D eigenvalue weighted by Crippen LogP contribution is 2.08. The summed E-state index contributed by atoms with van der Waals surface area (Å²) in [5, 5.41) is 0. The van der Waals surface area contributed by atoms with Crippen molar-refractivity contribution in [3.05, 3.63) is 35.9 Å². The molecule has 0 heterocycles. The Labute approximate surface area is 147 Å². The number of esters is 3. The van der Waals surface area contributed by atoms with Gasteiger partial charge in [0.2, 0.25) is 6.04 Å². The number of hydrogen-bond donors (Lipinski definition) is 1. The molecule has 1 aromatic rings. The lowest BCUT2D eigenvalue weighted by Crippen LogP contribution is -2.44. The van der Waals surface area contributed by atoms with E-state index in [1.165, 1.54) is 0 Å². The second-order valence-corrected chi connectivity index (χ2v) is 6.43. The van der Waals surface area contributed by atoms with Gasteiger partial charge in [-0.15, -0.1) is 0 Å². The van der Waals surface area contributed by atoms with Crippen molar-refractivity contribution < 1.29 is 28.6 Å². The van der Waals surface area contributed by atoms with Crippen molar-refractivity contribution in [2.24, 2.45) is 5.73 Å². The average molecular weight is 351 g/mol. The van der Waals surface area contributed by atoms with Gasteiger partial charge in [-0.3, -0.25) is 4.79 Å². The average Bonchev–Trinajstić information content (AvgIpc) is 2.55. The Morgan fingerprint density at radius 3 is 2.28 bits per heavy atom. The highest BCUT2D eigenvalue weighted by atomic mass is 16.6. The molecule has 0 amide bonds. The summed E-state index contributed by atoms with van der Waals surface area (Å²) in [6.07, 6.45) is 0.377. The summed E-state index contributed by atoms with van der Waals surface area (Å²) in [5.41, 5.74) is 5.64. The molecule has 25 heavy (non-hydrogen) atoms. The molecule has 0 spiro atoms. The molecule has 0 aliphatic carbocycles. The molecule has 0 aliphatic heterocycles. The fourth-order valence-corrected chi connectivity index (χ4v) is 1.75. The van der Waals surface area contributed by atoms with Gasteiger partial charge in [0.1, 0.15) is 12.2 Å². The SMILES string of the molecule is CC(C)(C)OC(=O)C(N)C(=O)OCCCC(=O)OCc1ccccc1. The molecule has 0 saturated carbocycles. The molecule has 0 bridgehead atoms. The third-order valence-corrected chi connectivity index (χ3v) is 2.93. The van der Waals surface area contributed by atoms with Crippen LogP contribution in [0.25, 0.3) is 0 Å². The van der Waals surface area contributed by atoms with Gasteiger partial charge in [0.25, 0.3) is 0 Å². The van der Waals surface area contributed by atoms with Crippen LogP contribution in [0.1, 0.15) is 39.2 Å². The minimum Gasteiger partial charge on any atom is -0.464 e. The van der Waals surface area contributed by atoms with E-state index in [-0.39, 0.29) is 26.1 Å². The Balaban J connectivity index is 2.20. The van der Waals surface area contributed by atoms with Crippen molar-refractivity contribution in [2.45, 2.75) is 51.9 Å². The van der Waals surface area contributed by atoms with E-state index in [4.69, 9.17) is 19.9 Å². The van der Waals surface area contributed by atoms with E-state index in [1.54, 1.807) is 20.8 Å². The molecule has 0 fully saturated rings. The second-order valence-electron chi connectivity index (χ2n) is 6.43. The Morgan fingerprint density at radius 1 is 1.04 bits per heavy atom. The summed E-state index contributed by atoms with van der Waals surface area (Å²) in [6.45, 7) is 5.18. The van der Waals surface area contributed by atoms with E-state index in [0.29, 0.717) is 0 Å². The van der Waals surface area contributed by atoms with Crippen LogP contribution in [0.2, 0.25) is 0 Å². The number of hydrogen-bond acceptors (Lipinski definition) is 7. The van der Waals surface area contributed by atoms with Gasteiger partial charge in [0, 0.05) is 6.42 Å². The molecular weight excluding hydrogens is 326 g/mol. The Kier molecular flexibility index (Phi) is 8.07. The van der Waals surface area contributed by atoms with Crippen LogP contribution in [0.15, 0.2) is 30.3 Å². The van der Waals surface area contributed by atoms with Gasteiger partial charge in [0.15, 0.2) is 0 Å². The van der Waals surface area contributed by atoms with Crippen LogP contribution in [0, 0.1) is 0 Å². The molecule has 0 aliphatic rings. The zero-order valence-electron chi connectivity index (χ0n) is 14.8. The number of nitrogens with two attached hydrogens (primary N) is 1. The summed E-state index contributed by atoms with van der Waals surface area (Å²) >= 11 is 0. The number of ether oxygens (including phenoxy) is 3. The summed E-state index contributed by atoms with van der Waals surface area (Å²) in [4.78, 5) is 34.9. The molecule has 0 saturated heterocycles. The third kappa shape index (κ3) is 8.85. The van der Waals surface area contributed by atoms with Gasteiger partial charge in [-0.25, -0.2) is 9.59 Å². The summed E-state index contributed by atoms with van der Waals surface area (Å²) < 4.78 is 15.0. The van der Waals surface area contributed by atoms with Crippen LogP contribution in [0.3, 0.4) is 0 Å². The van der Waals surface area contributed by atoms with Crippen LogP contribution in [0.5, 0.6) is 0 Å². The van der Waals surface area contributed by atoms with Gasteiger partial charge >= 0.3 is 17.9 Å². The lowest BCUT2D eigenvalue weighted by atomic mass is 10.2. The smallest absolute Gasteiger partial charge is 0.335 e. The van der Waals surface area contributed by atoms with E-state index >= 15 is 0 Å². The first-order valence-electron chi connectivity index (χ1n) is 8.03. The number of rotatable bonds is 8. The molecule has 2 N–H and O–H groups in total. The van der Waals surface area contributed by atoms with Crippen molar-refractivity contribution in [1.29, 1.82) is 0 Å². The fourth-order valence-electron chi connectivity index (χ4n) is 1.75. The van der Waals surface area contributed by atoms with Gasteiger partial charge < -0.3 is 19.9 Å². The molecule has 1 atom stereocenters. The monoisotopic (exact) mass is 351 g/mol. The summed E-state index contributed by atoms with van der Waals surface area (Å²) in [6, 6.07) is 7.80. The topological polar surface area (TPSA) is 105 Å². The van der Waals surface area contributed by atoms with Gasteiger partial charge in [0.05, 0.1) is 6.61 Å². The van der Waals surface area contributed by atoms with Gasteiger partial charge in [-0.1, -0.05) is 30.3 Å². The second kappa shape index (κ2) is 9.78.